The Morgan fingerprint density at radius 2 is 1.71 bits per heavy atom. The van der Waals surface area contributed by atoms with E-state index in [9.17, 15) is 19.2 Å². The maximum atomic E-state index is 12.0. The first-order chi connectivity index (χ1) is 11.6. The summed E-state index contributed by atoms with van der Waals surface area (Å²) in [4.78, 5) is 53.0. The molecular weight excluding hydrogens is 332 g/mol. The lowest BCUT2D eigenvalue weighted by Gasteiger charge is -2.12. The van der Waals surface area contributed by atoms with Crippen LogP contribution in [0.25, 0.3) is 0 Å². The molecule has 122 valence electrons. The quantitative estimate of drug-likeness (QED) is 0.832. The zero-order chi connectivity index (χ0) is 17.1. The predicted molar refractivity (Wildman–Crippen MR) is 84.3 cm³/mol. The molecule has 0 spiro atoms. The Hall–Kier alpha value is -3.00. The summed E-state index contributed by atoms with van der Waals surface area (Å²) in [6, 6.07) is 9.63. The summed E-state index contributed by atoms with van der Waals surface area (Å²) in [5.41, 5.74) is 0.391. The van der Waals surface area contributed by atoms with Crippen LogP contribution in [-0.2, 0) is 9.63 Å². The number of hydrogen-bond donors (Lipinski definition) is 1. The van der Waals surface area contributed by atoms with Gasteiger partial charge in [-0.15, -0.1) is 11.3 Å². The van der Waals surface area contributed by atoms with E-state index in [1.807, 2.05) is 0 Å². The lowest BCUT2D eigenvalue weighted by atomic mass is 10.1. The van der Waals surface area contributed by atoms with E-state index in [4.69, 9.17) is 4.84 Å². The molecule has 1 N–H and O–H groups in total. The van der Waals surface area contributed by atoms with Crippen molar-refractivity contribution in [2.75, 3.05) is 6.54 Å². The number of nitrogens with zero attached hydrogens (tertiary/aromatic N) is 1. The van der Waals surface area contributed by atoms with Gasteiger partial charge in [0.15, 0.2) is 0 Å². The van der Waals surface area contributed by atoms with Crippen LogP contribution in [0.5, 0.6) is 0 Å². The molecule has 2 aromatic rings. The average Bonchev–Trinajstić information content (AvgIpc) is 3.19. The van der Waals surface area contributed by atoms with Crippen LogP contribution in [0.4, 0.5) is 0 Å². The van der Waals surface area contributed by atoms with Crippen molar-refractivity contribution in [3.63, 3.8) is 0 Å². The summed E-state index contributed by atoms with van der Waals surface area (Å²) in [5, 5.41) is 4.78. The average molecular weight is 344 g/mol. The molecule has 1 aromatic heterocycles. The number of amides is 3. The van der Waals surface area contributed by atoms with E-state index in [1.54, 1.807) is 29.6 Å². The van der Waals surface area contributed by atoms with Gasteiger partial charge in [0.2, 0.25) is 0 Å². The van der Waals surface area contributed by atoms with Gasteiger partial charge >= 0.3 is 5.97 Å². The van der Waals surface area contributed by atoms with Gasteiger partial charge in [0.05, 0.1) is 22.4 Å². The largest absolute Gasteiger partial charge is 0.351 e. The van der Waals surface area contributed by atoms with E-state index in [0.717, 1.165) is 0 Å². The lowest BCUT2D eigenvalue weighted by Crippen LogP contribution is -2.34. The van der Waals surface area contributed by atoms with Gasteiger partial charge in [-0.25, -0.2) is 4.79 Å². The maximum Gasteiger partial charge on any atom is 0.335 e. The Balaban J connectivity index is 1.52. The molecule has 0 fully saturated rings. The van der Waals surface area contributed by atoms with Crippen molar-refractivity contribution in [3.8, 4) is 0 Å². The molecule has 7 nitrogen and oxygen atoms in total. The Morgan fingerprint density at radius 3 is 2.29 bits per heavy atom. The minimum Gasteiger partial charge on any atom is -0.351 e. The van der Waals surface area contributed by atoms with Crippen molar-refractivity contribution < 1.29 is 24.0 Å². The van der Waals surface area contributed by atoms with Gasteiger partial charge in [-0.05, 0) is 23.6 Å². The zero-order valence-electron chi connectivity index (χ0n) is 12.4. The fraction of sp³-hybridized carbons (Fsp3) is 0.125. The van der Waals surface area contributed by atoms with Crippen LogP contribution in [0.3, 0.4) is 0 Å². The molecular formula is C16H12N2O5S. The van der Waals surface area contributed by atoms with Crippen molar-refractivity contribution >= 4 is 35.0 Å². The van der Waals surface area contributed by atoms with Crippen molar-refractivity contribution in [1.82, 2.24) is 10.4 Å². The van der Waals surface area contributed by atoms with Crippen LogP contribution < -0.4 is 5.32 Å². The number of rotatable bonds is 5. The molecule has 0 aliphatic carbocycles. The second kappa shape index (κ2) is 6.63. The molecule has 2 heterocycles. The van der Waals surface area contributed by atoms with Crippen LogP contribution in [0, 0.1) is 0 Å². The molecule has 0 saturated carbocycles. The molecule has 1 aliphatic heterocycles. The maximum absolute atomic E-state index is 12.0. The third-order valence-corrected chi connectivity index (χ3v) is 4.18. The fourth-order valence-electron chi connectivity index (χ4n) is 2.17. The molecule has 8 heteroatoms. The Bertz CT molecular complexity index is 781. The third kappa shape index (κ3) is 3.04. The molecule has 0 unspecified atom stereocenters. The molecule has 0 saturated heterocycles. The van der Waals surface area contributed by atoms with E-state index < -0.39 is 17.8 Å². The number of thiophene rings is 1. The summed E-state index contributed by atoms with van der Waals surface area (Å²) in [6.45, 7) is 0.0404. The molecule has 1 aromatic carbocycles. The SMILES string of the molecule is O=C(CCNC(=O)c1cccs1)ON1C(=O)c2ccccc2C1=O. The highest BCUT2D eigenvalue weighted by atomic mass is 32.1. The first-order valence-corrected chi connectivity index (χ1v) is 7.96. The standard InChI is InChI=1S/C16H12N2O5S/c19-13(7-8-17-14(20)12-6-3-9-24-12)23-18-15(21)10-4-1-2-5-11(10)16(18)22/h1-6,9H,7-8H2,(H,17,20). The van der Waals surface area contributed by atoms with E-state index in [0.29, 0.717) is 9.94 Å². The number of fused-ring (bicyclic) bond motifs is 1. The molecule has 0 atom stereocenters. The normalized spacial score (nSPS) is 12.9. The summed E-state index contributed by atoms with van der Waals surface area (Å²) in [6.07, 6.45) is -0.162. The summed E-state index contributed by atoms with van der Waals surface area (Å²) < 4.78 is 0. The van der Waals surface area contributed by atoms with Gasteiger partial charge in [0, 0.05) is 6.54 Å². The highest BCUT2D eigenvalue weighted by Crippen LogP contribution is 2.22. The Morgan fingerprint density at radius 1 is 1.04 bits per heavy atom. The van der Waals surface area contributed by atoms with Gasteiger partial charge in [0.1, 0.15) is 0 Å². The molecule has 0 bridgehead atoms. The lowest BCUT2D eigenvalue weighted by molar-refractivity contribution is -0.168. The highest BCUT2D eigenvalue weighted by molar-refractivity contribution is 7.12. The number of hydroxylamine groups is 2. The Kier molecular flexibility index (Phi) is 4.39. The van der Waals surface area contributed by atoms with Gasteiger partial charge in [-0.2, -0.15) is 0 Å². The number of benzene rings is 1. The smallest absolute Gasteiger partial charge is 0.335 e. The van der Waals surface area contributed by atoms with E-state index in [2.05, 4.69) is 5.32 Å². The van der Waals surface area contributed by atoms with Crippen LogP contribution in [0.1, 0.15) is 36.8 Å². The van der Waals surface area contributed by atoms with Crippen LogP contribution >= 0.6 is 11.3 Å². The number of nitrogens with one attached hydrogen (secondary N) is 1. The second-order valence-electron chi connectivity index (χ2n) is 4.90. The molecule has 1 aliphatic rings. The van der Waals surface area contributed by atoms with Crippen LogP contribution in [0.2, 0.25) is 0 Å². The summed E-state index contributed by atoms with van der Waals surface area (Å²) in [7, 11) is 0. The van der Waals surface area contributed by atoms with Crippen molar-refractivity contribution in [2.45, 2.75) is 6.42 Å². The van der Waals surface area contributed by atoms with E-state index in [-0.39, 0.29) is 30.0 Å². The number of carbonyl (C=O) groups excluding carboxylic acids is 4. The number of imide groups is 1. The molecule has 0 radical (unpaired) electrons. The van der Waals surface area contributed by atoms with Gasteiger partial charge in [-0.3, -0.25) is 14.4 Å². The topological polar surface area (TPSA) is 92.8 Å². The van der Waals surface area contributed by atoms with Gasteiger partial charge in [-0.1, -0.05) is 23.3 Å². The van der Waals surface area contributed by atoms with Crippen molar-refractivity contribution in [3.05, 3.63) is 57.8 Å². The summed E-state index contributed by atoms with van der Waals surface area (Å²) in [5.74, 6) is -2.42. The Labute approximate surface area is 140 Å². The van der Waals surface area contributed by atoms with Gasteiger partial charge < -0.3 is 10.2 Å². The van der Waals surface area contributed by atoms with Crippen LogP contribution in [0.15, 0.2) is 41.8 Å². The first-order valence-electron chi connectivity index (χ1n) is 7.08. The molecule has 3 rings (SSSR count). The van der Waals surface area contributed by atoms with Gasteiger partial charge in [0.25, 0.3) is 17.7 Å². The second-order valence-corrected chi connectivity index (χ2v) is 5.84. The molecule has 24 heavy (non-hydrogen) atoms. The monoisotopic (exact) mass is 344 g/mol. The molecule has 3 amide bonds. The number of hydrogen-bond acceptors (Lipinski definition) is 6. The predicted octanol–water partition coefficient (Wildman–Crippen LogP) is 1.62. The van der Waals surface area contributed by atoms with Crippen molar-refractivity contribution in [2.24, 2.45) is 0 Å². The van der Waals surface area contributed by atoms with E-state index >= 15 is 0 Å². The fourth-order valence-corrected chi connectivity index (χ4v) is 2.81. The zero-order valence-corrected chi connectivity index (χ0v) is 13.2. The minimum absolute atomic E-state index is 0.0404. The first kappa shape index (κ1) is 15.9. The van der Waals surface area contributed by atoms with Crippen molar-refractivity contribution in [1.29, 1.82) is 0 Å². The minimum atomic E-state index is -0.781. The van der Waals surface area contributed by atoms with Crippen LogP contribution in [-0.4, -0.2) is 35.3 Å². The highest BCUT2D eigenvalue weighted by Gasteiger charge is 2.38. The van der Waals surface area contributed by atoms with E-state index in [1.165, 1.54) is 23.5 Å². The number of carbonyl (C=O) groups is 4. The summed E-state index contributed by atoms with van der Waals surface area (Å²) >= 11 is 1.28. The third-order valence-electron chi connectivity index (χ3n) is 3.31.